The average Bonchev–Trinajstić information content (AvgIpc) is 2.52. The van der Waals surface area contributed by atoms with Crippen LogP contribution in [-0.4, -0.2) is 6.54 Å². The van der Waals surface area contributed by atoms with E-state index in [0.717, 1.165) is 15.8 Å². The summed E-state index contributed by atoms with van der Waals surface area (Å²) in [7, 11) is 0. The van der Waals surface area contributed by atoms with Crippen LogP contribution in [0.2, 0.25) is 0 Å². The highest BCUT2D eigenvalue weighted by Gasteiger charge is 2.32. The third kappa shape index (κ3) is 2.30. The van der Waals surface area contributed by atoms with Gasteiger partial charge in [0, 0.05) is 11.0 Å². The highest BCUT2D eigenvalue weighted by molar-refractivity contribution is 9.10. The molecule has 0 aliphatic carbocycles. The van der Waals surface area contributed by atoms with Gasteiger partial charge in [0.15, 0.2) is 5.67 Å². The highest BCUT2D eigenvalue weighted by Crippen LogP contribution is 2.38. The molecule has 1 nitrogen and oxygen atoms in total. The van der Waals surface area contributed by atoms with Gasteiger partial charge in [-0.2, -0.15) is 0 Å². The Morgan fingerprint density at radius 2 is 2.38 bits per heavy atom. The van der Waals surface area contributed by atoms with Crippen LogP contribution in [0.4, 0.5) is 4.39 Å². The van der Waals surface area contributed by atoms with Crippen molar-refractivity contribution in [3.05, 3.63) is 20.8 Å². The number of alkyl halides is 1. The van der Waals surface area contributed by atoms with E-state index < -0.39 is 5.67 Å². The van der Waals surface area contributed by atoms with E-state index in [2.05, 4.69) is 15.9 Å². The first kappa shape index (κ1) is 11.1. The molecule has 0 bridgehead atoms. The maximum atomic E-state index is 14.2. The number of hydrogen-bond acceptors (Lipinski definition) is 2. The van der Waals surface area contributed by atoms with Gasteiger partial charge in [-0.15, -0.1) is 11.3 Å². The minimum Gasteiger partial charge on any atom is -0.327 e. The van der Waals surface area contributed by atoms with Crippen LogP contribution in [0.1, 0.15) is 24.6 Å². The van der Waals surface area contributed by atoms with Crippen LogP contribution in [0.15, 0.2) is 15.9 Å². The zero-order valence-electron chi connectivity index (χ0n) is 7.52. The summed E-state index contributed by atoms with van der Waals surface area (Å²) in [5.74, 6) is 0. The monoisotopic (exact) mass is 265 g/mol. The average molecular weight is 266 g/mol. The summed E-state index contributed by atoms with van der Waals surface area (Å²) >= 11 is 4.75. The van der Waals surface area contributed by atoms with Crippen LogP contribution in [0, 0.1) is 0 Å². The molecule has 74 valence electrons. The lowest BCUT2D eigenvalue weighted by molar-refractivity contribution is 0.163. The van der Waals surface area contributed by atoms with E-state index in [1.54, 1.807) is 0 Å². The van der Waals surface area contributed by atoms with Gasteiger partial charge in [-0.05, 0) is 33.8 Å². The molecule has 0 saturated heterocycles. The van der Waals surface area contributed by atoms with Gasteiger partial charge in [0.05, 0.1) is 4.88 Å². The molecular formula is C9H13BrFNS. The second-order valence-corrected chi connectivity index (χ2v) is 4.79. The molecule has 0 spiro atoms. The molecule has 0 aliphatic heterocycles. The molecule has 2 N–H and O–H groups in total. The number of thiophene rings is 1. The number of hydrogen-bond donors (Lipinski definition) is 1. The van der Waals surface area contributed by atoms with E-state index in [4.69, 9.17) is 5.73 Å². The Morgan fingerprint density at radius 3 is 2.77 bits per heavy atom. The molecule has 1 atom stereocenters. The van der Waals surface area contributed by atoms with Gasteiger partial charge in [0.25, 0.3) is 0 Å². The number of nitrogens with two attached hydrogens (primary N) is 1. The first-order valence-electron chi connectivity index (χ1n) is 4.26. The Labute approximate surface area is 90.3 Å². The summed E-state index contributed by atoms with van der Waals surface area (Å²) < 4.78 is 15.0. The zero-order chi connectivity index (χ0) is 9.90. The van der Waals surface area contributed by atoms with Gasteiger partial charge in [0.1, 0.15) is 0 Å². The molecule has 1 unspecified atom stereocenters. The first-order valence-corrected chi connectivity index (χ1v) is 5.93. The molecule has 1 aromatic heterocycles. The minimum atomic E-state index is -1.35. The highest BCUT2D eigenvalue weighted by atomic mass is 79.9. The summed E-state index contributed by atoms with van der Waals surface area (Å²) in [6.45, 7) is 2.02. The number of rotatable bonds is 4. The molecular weight excluding hydrogens is 253 g/mol. The molecule has 1 aromatic rings. The van der Waals surface area contributed by atoms with E-state index in [0.29, 0.717) is 6.42 Å². The summed E-state index contributed by atoms with van der Waals surface area (Å²) in [5.41, 5.74) is 4.12. The third-order valence-electron chi connectivity index (χ3n) is 1.99. The molecule has 1 rings (SSSR count). The summed E-state index contributed by atoms with van der Waals surface area (Å²) in [6, 6.07) is 1.86. The number of halogens is 2. The summed E-state index contributed by atoms with van der Waals surface area (Å²) in [4.78, 5) is 0.719. The van der Waals surface area contributed by atoms with Crippen LogP contribution in [0.25, 0.3) is 0 Å². The van der Waals surface area contributed by atoms with Crippen molar-refractivity contribution in [2.24, 2.45) is 5.73 Å². The van der Waals surface area contributed by atoms with Gasteiger partial charge in [-0.3, -0.25) is 0 Å². The predicted octanol–water partition coefficient (Wildman–Crippen LogP) is 3.43. The van der Waals surface area contributed by atoms with Crippen LogP contribution in [0.3, 0.4) is 0 Å². The van der Waals surface area contributed by atoms with Gasteiger partial charge in [-0.1, -0.05) is 13.3 Å². The lowest BCUT2D eigenvalue weighted by Gasteiger charge is -2.22. The Kier molecular flexibility index (Phi) is 3.88. The van der Waals surface area contributed by atoms with E-state index >= 15 is 0 Å². The first-order chi connectivity index (χ1) is 6.14. The molecule has 13 heavy (non-hydrogen) atoms. The molecule has 0 amide bonds. The van der Waals surface area contributed by atoms with Crippen molar-refractivity contribution in [1.29, 1.82) is 0 Å². The maximum absolute atomic E-state index is 14.2. The van der Waals surface area contributed by atoms with Crippen LogP contribution >= 0.6 is 27.3 Å². The van der Waals surface area contributed by atoms with Crippen molar-refractivity contribution in [1.82, 2.24) is 0 Å². The van der Waals surface area contributed by atoms with E-state index in [1.807, 2.05) is 18.4 Å². The van der Waals surface area contributed by atoms with Crippen molar-refractivity contribution < 1.29 is 4.39 Å². The second-order valence-electron chi connectivity index (χ2n) is 3.02. The molecule has 0 radical (unpaired) electrons. The van der Waals surface area contributed by atoms with Crippen molar-refractivity contribution >= 4 is 27.3 Å². The van der Waals surface area contributed by atoms with Gasteiger partial charge < -0.3 is 5.73 Å². The lowest BCUT2D eigenvalue weighted by Crippen LogP contribution is -2.29. The predicted molar refractivity (Wildman–Crippen MR) is 58.8 cm³/mol. The van der Waals surface area contributed by atoms with Gasteiger partial charge in [0.2, 0.25) is 0 Å². The summed E-state index contributed by atoms with van der Waals surface area (Å²) in [5, 5.41) is 1.87. The fourth-order valence-electron chi connectivity index (χ4n) is 1.32. The van der Waals surface area contributed by atoms with Crippen molar-refractivity contribution in [3.63, 3.8) is 0 Å². The Balaban J connectivity index is 2.95. The molecule has 0 aromatic carbocycles. The standard InChI is InChI=1S/C9H13BrFNS/c1-2-4-9(11,6-12)8-7(10)3-5-13-8/h3,5H,2,4,6,12H2,1H3. The lowest BCUT2D eigenvalue weighted by atomic mass is 9.98. The second kappa shape index (κ2) is 4.53. The smallest absolute Gasteiger partial charge is 0.158 e. The van der Waals surface area contributed by atoms with Crippen molar-refractivity contribution in [3.8, 4) is 0 Å². The van der Waals surface area contributed by atoms with E-state index in [1.165, 1.54) is 11.3 Å². The van der Waals surface area contributed by atoms with Crippen molar-refractivity contribution in [2.45, 2.75) is 25.4 Å². The Hall–Kier alpha value is 0.0700. The van der Waals surface area contributed by atoms with Gasteiger partial charge in [-0.25, -0.2) is 4.39 Å². The fourth-order valence-corrected chi connectivity index (χ4v) is 3.18. The topological polar surface area (TPSA) is 26.0 Å². The van der Waals surface area contributed by atoms with Crippen molar-refractivity contribution in [2.75, 3.05) is 6.54 Å². The van der Waals surface area contributed by atoms with Crippen LogP contribution in [-0.2, 0) is 5.67 Å². The summed E-state index contributed by atoms with van der Waals surface area (Å²) in [6.07, 6.45) is 1.29. The fraction of sp³-hybridized carbons (Fsp3) is 0.556. The molecule has 0 aliphatic rings. The third-order valence-corrected chi connectivity index (χ3v) is 4.01. The Morgan fingerprint density at radius 1 is 1.69 bits per heavy atom. The SMILES string of the molecule is CCCC(F)(CN)c1sccc1Br. The minimum absolute atomic E-state index is 0.0555. The zero-order valence-corrected chi connectivity index (χ0v) is 9.92. The largest absolute Gasteiger partial charge is 0.327 e. The Bertz CT molecular complexity index is 276. The van der Waals surface area contributed by atoms with E-state index in [9.17, 15) is 4.39 Å². The van der Waals surface area contributed by atoms with Crippen LogP contribution in [0.5, 0.6) is 0 Å². The quantitative estimate of drug-likeness (QED) is 0.887. The van der Waals surface area contributed by atoms with Crippen LogP contribution < -0.4 is 5.73 Å². The molecule has 0 saturated carbocycles. The molecule has 0 fully saturated rings. The van der Waals surface area contributed by atoms with Gasteiger partial charge >= 0.3 is 0 Å². The molecule has 1 heterocycles. The normalized spacial score (nSPS) is 15.7. The van der Waals surface area contributed by atoms with E-state index in [-0.39, 0.29) is 6.54 Å². The molecule has 4 heteroatoms. The maximum Gasteiger partial charge on any atom is 0.158 e.